The highest BCUT2D eigenvalue weighted by atomic mass is 31.2. The second-order valence-corrected chi connectivity index (χ2v) is 5.95. The molecule has 6 nitrogen and oxygen atoms in total. The van der Waals surface area contributed by atoms with Crippen molar-refractivity contribution in [3.63, 3.8) is 0 Å². The second kappa shape index (κ2) is 4.48. The molecular formula is C11H14NO5P. The van der Waals surface area contributed by atoms with Gasteiger partial charge in [-0.2, -0.15) is 0 Å². The van der Waals surface area contributed by atoms with Gasteiger partial charge in [0.2, 0.25) is 0 Å². The second-order valence-electron chi connectivity index (χ2n) is 4.38. The van der Waals surface area contributed by atoms with Crippen LogP contribution in [0.15, 0.2) is 12.1 Å². The van der Waals surface area contributed by atoms with Gasteiger partial charge in [-0.25, -0.2) is 0 Å². The fourth-order valence-electron chi connectivity index (χ4n) is 2.22. The predicted molar refractivity (Wildman–Crippen MR) is 64.8 cm³/mol. The Bertz CT molecular complexity index is 551. The van der Waals surface area contributed by atoms with Crippen molar-refractivity contribution in [1.82, 2.24) is 5.32 Å². The van der Waals surface area contributed by atoms with E-state index in [1.54, 1.807) is 6.07 Å². The summed E-state index contributed by atoms with van der Waals surface area (Å²) in [5.74, 6) is -1.01. The maximum absolute atomic E-state index is 11.4. The first kappa shape index (κ1) is 13.2. The largest absolute Gasteiger partial charge is 0.480 e. The van der Waals surface area contributed by atoms with E-state index in [-0.39, 0.29) is 11.7 Å². The van der Waals surface area contributed by atoms with E-state index in [2.05, 4.69) is 5.32 Å². The lowest BCUT2D eigenvalue weighted by molar-refractivity contribution is -0.139. The van der Waals surface area contributed by atoms with Crippen molar-refractivity contribution in [2.24, 2.45) is 0 Å². The number of aliphatic carboxylic acids is 1. The first-order valence-electron chi connectivity index (χ1n) is 5.44. The summed E-state index contributed by atoms with van der Waals surface area (Å²) in [6.45, 7) is 2.15. The summed E-state index contributed by atoms with van der Waals surface area (Å²) in [4.78, 5) is 29.6. The van der Waals surface area contributed by atoms with Crippen molar-refractivity contribution in [3.05, 3.63) is 28.8 Å². The summed E-state index contributed by atoms with van der Waals surface area (Å²) in [7, 11) is -4.38. The molecule has 1 unspecified atom stereocenters. The van der Waals surface area contributed by atoms with Gasteiger partial charge in [-0.15, -0.1) is 0 Å². The van der Waals surface area contributed by atoms with Crippen LogP contribution in [0.5, 0.6) is 0 Å². The fourth-order valence-corrected chi connectivity index (χ4v) is 3.07. The average Bonchev–Trinajstić information content (AvgIpc) is 2.27. The molecule has 1 aliphatic heterocycles. The normalized spacial score (nSPS) is 19.4. The summed E-state index contributed by atoms with van der Waals surface area (Å²) in [5.41, 5.74) is 2.15. The summed E-state index contributed by atoms with van der Waals surface area (Å²) < 4.78 is 11.4. The minimum absolute atomic E-state index is 0.0594. The molecule has 1 aromatic rings. The minimum Gasteiger partial charge on any atom is -0.480 e. The van der Waals surface area contributed by atoms with Crippen molar-refractivity contribution >= 4 is 18.9 Å². The number of hydrogen-bond donors (Lipinski definition) is 4. The fraction of sp³-hybridized carbons (Fsp3) is 0.364. The van der Waals surface area contributed by atoms with Crippen molar-refractivity contribution in [3.8, 4) is 0 Å². The Labute approximate surface area is 104 Å². The van der Waals surface area contributed by atoms with Crippen molar-refractivity contribution in [1.29, 1.82) is 0 Å². The Morgan fingerprint density at radius 3 is 2.61 bits per heavy atom. The Hall–Kier alpha value is -1.20. The maximum Gasteiger partial charge on any atom is 0.356 e. The van der Waals surface area contributed by atoms with Crippen molar-refractivity contribution in [2.45, 2.75) is 25.9 Å². The van der Waals surface area contributed by atoms with Crippen LogP contribution >= 0.6 is 7.60 Å². The lowest BCUT2D eigenvalue weighted by Gasteiger charge is -2.27. The Morgan fingerprint density at radius 1 is 1.39 bits per heavy atom. The zero-order valence-electron chi connectivity index (χ0n) is 9.75. The molecular weight excluding hydrogens is 257 g/mol. The molecule has 0 fully saturated rings. The van der Waals surface area contributed by atoms with Gasteiger partial charge >= 0.3 is 13.6 Å². The van der Waals surface area contributed by atoms with Crippen LogP contribution < -0.4 is 10.6 Å². The van der Waals surface area contributed by atoms with Crippen LogP contribution in [0.2, 0.25) is 0 Å². The van der Waals surface area contributed by atoms with E-state index in [9.17, 15) is 19.1 Å². The summed E-state index contributed by atoms with van der Waals surface area (Å²) in [6.07, 6.45) is 0.0901. The Balaban J connectivity index is 2.55. The third-order valence-electron chi connectivity index (χ3n) is 3.19. The molecule has 0 bridgehead atoms. The van der Waals surface area contributed by atoms with E-state index in [0.29, 0.717) is 12.1 Å². The van der Waals surface area contributed by atoms with Gasteiger partial charge in [0, 0.05) is 6.54 Å². The SMILES string of the molecule is Cc1ccc(P(=O)(O)O)c2c1CNC(C(=O)O)C2. The molecule has 7 heteroatoms. The lowest BCUT2D eigenvalue weighted by Crippen LogP contribution is -2.43. The zero-order valence-corrected chi connectivity index (χ0v) is 10.6. The smallest absolute Gasteiger partial charge is 0.356 e. The number of fused-ring (bicyclic) bond motifs is 1. The number of hydrogen-bond acceptors (Lipinski definition) is 3. The number of benzene rings is 1. The Kier molecular flexibility index (Phi) is 3.29. The highest BCUT2D eigenvalue weighted by Gasteiger charge is 2.31. The standard InChI is InChI=1S/C11H14NO5P/c1-6-2-3-10(18(15,16)17)7-4-9(11(13)14)12-5-8(6)7/h2-3,9,12H,4-5H2,1H3,(H,13,14)(H2,15,16,17). The van der Waals surface area contributed by atoms with E-state index in [1.165, 1.54) is 6.07 Å². The number of carboxylic acids is 1. The molecule has 1 aromatic carbocycles. The highest BCUT2D eigenvalue weighted by molar-refractivity contribution is 7.60. The maximum atomic E-state index is 11.4. The molecule has 1 aliphatic rings. The van der Waals surface area contributed by atoms with Crippen LogP contribution in [0, 0.1) is 6.92 Å². The van der Waals surface area contributed by atoms with Crippen LogP contribution in [0.25, 0.3) is 0 Å². The molecule has 0 radical (unpaired) electrons. The van der Waals surface area contributed by atoms with Gasteiger partial charge in [0.15, 0.2) is 0 Å². The summed E-state index contributed by atoms with van der Waals surface area (Å²) in [6, 6.07) is 2.24. The van der Waals surface area contributed by atoms with Gasteiger partial charge in [0.05, 0.1) is 5.30 Å². The van der Waals surface area contributed by atoms with Crippen LogP contribution in [0.1, 0.15) is 16.7 Å². The molecule has 2 rings (SSSR count). The van der Waals surface area contributed by atoms with Gasteiger partial charge in [-0.1, -0.05) is 6.07 Å². The van der Waals surface area contributed by atoms with Gasteiger partial charge in [-0.05, 0) is 36.1 Å². The molecule has 0 spiro atoms. The topological polar surface area (TPSA) is 107 Å². The molecule has 98 valence electrons. The van der Waals surface area contributed by atoms with Gasteiger partial charge in [0.1, 0.15) is 6.04 Å². The number of rotatable bonds is 2. The molecule has 4 N–H and O–H groups in total. The number of nitrogens with one attached hydrogen (secondary N) is 1. The number of carbonyl (C=O) groups is 1. The van der Waals surface area contributed by atoms with E-state index in [1.807, 2.05) is 6.92 Å². The van der Waals surface area contributed by atoms with Crippen molar-refractivity contribution in [2.75, 3.05) is 0 Å². The van der Waals surface area contributed by atoms with E-state index >= 15 is 0 Å². The number of carboxylic acid groups (broad SMARTS) is 1. The number of aryl methyl sites for hydroxylation is 1. The third kappa shape index (κ3) is 2.33. The van der Waals surface area contributed by atoms with Gasteiger partial charge in [0.25, 0.3) is 0 Å². The molecule has 1 atom stereocenters. The third-order valence-corrected chi connectivity index (χ3v) is 4.23. The van der Waals surface area contributed by atoms with Crippen LogP contribution in [-0.2, 0) is 22.3 Å². The molecule has 18 heavy (non-hydrogen) atoms. The Morgan fingerprint density at radius 2 is 2.06 bits per heavy atom. The molecule has 1 heterocycles. The quantitative estimate of drug-likeness (QED) is 0.559. The first-order chi connectivity index (χ1) is 8.30. The summed E-state index contributed by atoms with van der Waals surface area (Å²) in [5, 5.41) is 11.8. The molecule has 0 saturated carbocycles. The predicted octanol–water partition coefficient (Wildman–Crippen LogP) is -0.103. The summed E-state index contributed by atoms with van der Waals surface area (Å²) >= 11 is 0. The van der Waals surface area contributed by atoms with Gasteiger partial charge < -0.3 is 14.9 Å². The molecule has 0 amide bonds. The van der Waals surface area contributed by atoms with E-state index < -0.39 is 19.6 Å². The highest BCUT2D eigenvalue weighted by Crippen LogP contribution is 2.37. The van der Waals surface area contributed by atoms with Crippen LogP contribution in [-0.4, -0.2) is 26.9 Å². The average molecular weight is 271 g/mol. The molecule has 0 aliphatic carbocycles. The van der Waals surface area contributed by atoms with Gasteiger partial charge in [-0.3, -0.25) is 14.7 Å². The van der Waals surface area contributed by atoms with Crippen molar-refractivity contribution < 1.29 is 24.3 Å². The molecule has 0 saturated heterocycles. The van der Waals surface area contributed by atoms with Crippen LogP contribution in [0.3, 0.4) is 0 Å². The first-order valence-corrected chi connectivity index (χ1v) is 7.05. The minimum atomic E-state index is -4.38. The molecule has 0 aromatic heterocycles. The van der Waals surface area contributed by atoms with E-state index in [0.717, 1.165) is 11.1 Å². The lowest BCUT2D eigenvalue weighted by atomic mass is 9.92. The van der Waals surface area contributed by atoms with E-state index in [4.69, 9.17) is 5.11 Å². The van der Waals surface area contributed by atoms with Crippen LogP contribution in [0.4, 0.5) is 0 Å². The zero-order chi connectivity index (χ0) is 13.5. The monoisotopic (exact) mass is 271 g/mol.